The fraction of sp³-hybridized carbons (Fsp3) is 0.429. The summed E-state index contributed by atoms with van der Waals surface area (Å²) in [6.07, 6.45) is 0. The SMILES string of the molecule is O=c1ccc(C2CNC2)n[nH]1. The molecule has 4 heteroatoms. The van der Waals surface area contributed by atoms with Crippen LogP contribution in [0.2, 0.25) is 0 Å². The summed E-state index contributed by atoms with van der Waals surface area (Å²) in [6, 6.07) is 3.30. The first-order valence-corrected chi connectivity index (χ1v) is 3.62. The number of aromatic amines is 1. The highest BCUT2D eigenvalue weighted by atomic mass is 16.1. The summed E-state index contributed by atoms with van der Waals surface area (Å²) >= 11 is 0. The topological polar surface area (TPSA) is 57.8 Å². The minimum atomic E-state index is -0.138. The van der Waals surface area contributed by atoms with Crippen molar-refractivity contribution in [3.05, 3.63) is 28.2 Å². The second-order valence-corrected chi connectivity index (χ2v) is 2.70. The van der Waals surface area contributed by atoms with Crippen molar-refractivity contribution in [2.24, 2.45) is 0 Å². The molecule has 2 heterocycles. The van der Waals surface area contributed by atoms with Gasteiger partial charge in [0.1, 0.15) is 0 Å². The molecule has 0 saturated carbocycles. The molecule has 0 unspecified atom stereocenters. The lowest BCUT2D eigenvalue weighted by Crippen LogP contribution is -2.40. The second kappa shape index (κ2) is 2.47. The minimum Gasteiger partial charge on any atom is -0.315 e. The van der Waals surface area contributed by atoms with Crippen LogP contribution in [-0.2, 0) is 0 Å². The van der Waals surface area contributed by atoms with E-state index in [4.69, 9.17) is 0 Å². The van der Waals surface area contributed by atoms with Gasteiger partial charge in [-0.15, -0.1) is 0 Å². The molecule has 1 aromatic heterocycles. The number of hydrogen-bond acceptors (Lipinski definition) is 3. The van der Waals surface area contributed by atoms with Crippen LogP contribution >= 0.6 is 0 Å². The van der Waals surface area contributed by atoms with Crippen molar-refractivity contribution in [2.45, 2.75) is 5.92 Å². The maximum Gasteiger partial charge on any atom is 0.264 e. The van der Waals surface area contributed by atoms with Gasteiger partial charge >= 0.3 is 0 Å². The molecule has 58 valence electrons. The molecule has 1 fully saturated rings. The fourth-order valence-electron chi connectivity index (χ4n) is 1.08. The minimum absolute atomic E-state index is 0.138. The molecule has 1 aromatic rings. The molecule has 0 aromatic carbocycles. The van der Waals surface area contributed by atoms with Gasteiger partial charge in [-0.3, -0.25) is 4.79 Å². The Morgan fingerprint density at radius 1 is 1.45 bits per heavy atom. The predicted octanol–water partition coefficient (Wildman–Crippen LogP) is -0.543. The molecule has 1 saturated heterocycles. The predicted molar refractivity (Wildman–Crippen MR) is 40.5 cm³/mol. The smallest absolute Gasteiger partial charge is 0.264 e. The number of nitrogens with one attached hydrogen (secondary N) is 2. The molecular formula is C7H9N3O. The molecule has 0 atom stereocenters. The van der Waals surface area contributed by atoms with E-state index in [1.807, 2.05) is 0 Å². The zero-order valence-electron chi connectivity index (χ0n) is 6.00. The van der Waals surface area contributed by atoms with Crippen molar-refractivity contribution >= 4 is 0 Å². The van der Waals surface area contributed by atoms with Crippen molar-refractivity contribution in [3.8, 4) is 0 Å². The lowest BCUT2D eigenvalue weighted by molar-refractivity contribution is 0.436. The van der Waals surface area contributed by atoms with Crippen molar-refractivity contribution < 1.29 is 0 Å². The molecule has 1 aliphatic rings. The third-order valence-corrected chi connectivity index (χ3v) is 1.90. The molecule has 0 aliphatic carbocycles. The number of hydrogen-bond donors (Lipinski definition) is 2. The van der Waals surface area contributed by atoms with Crippen LogP contribution in [0.4, 0.5) is 0 Å². The zero-order valence-corrected chi connectivity index (χ0v) is 6.00. The van der Waals surface area contributed by atoms with Gasteiger partial charge in [-0.05, 0) is 6.07 Å². The highest BCUT2D eigenvalue weighted by molar-refractivity contribution is 5.10. The van der Waals surface area contributed by atoms with E-state index in [-0.39, 0.29) is 5.56 Å². The van der Waals surface area contributed by atoms with E-state index in [2.05, 4.69) is 15.5 Å². The van der Waals surface area contributed by atoms with Crippen LogP contribution in [0.25, 0.3) is 0 Å². The van der Waals surface area contributed by atoms with Crippen LogP contribution in [0.3, 0.4) is 0 Å². The van der Waals surface area contributed by atoms with E-state index in [9.17, 15) is 4.79 Å². The average Bonchev–Trinajstić information content (AvgIpc) is 1.90. The van der Waals surface area contributed by atoms with Gasteiger partial charge in [-0.2, -0.15) is 5.10 Å². The van der Waals surface area contributed by atoms with Crippen LogP contribution in [0.1, 0.15) is 11.6 Å². The van der Waals surface area contributed by atoms with Gasteiger partial charge in [0.05, 0.1) is 5.69 Å². The van der Waals surface area contributed by atoms with E-state index in [1.54, 1.807) is 6.07 Å². The van der Waals surface area contributed by atoms with E-state index in [1.165, 1.54) is 6.07 Å². The Bertz CT molecular complexity index is 282. The Labute approximate surface area is 63.6 Å². The summed E-state index contributed by atoms with van der Waals surface area (Å²) in [6.45, 7) is 1.94. The molecule has 0 spiro atoms. The van der Waals surface area contributed by atoms with Crippen molar-refractivity contribution in [2.75, 3.05) is 13.1 Å². The summed E-state index contributed by atoms with van der Waals surface area (Å²) in [7, 11) is 0. The van der Waals surface area contributed by atoms with Crippen LogP contribution in [0.5, 0.6) is 0 Å². The van der Waals surface area contributed by atoms with Crippen molar-refractivity contribution in [1.82, 2.24) is 15.5 Å². The standard InChI is InChI=1S/C7H9N3O/c11-7-2-1-6(9-10-7)5-3-8-4-5/h1-2,5,8H,3-4H2,(H,10,11). The highest BCUT2D eigenvalue weighted by Gasteiger charge is 2.19. The van der Waals surface area contributed by atoms with Gasteiger partial charge in [0, 0.05) is 25.1 Å². The van der Waals surface area contributed by atoms with Crippen LogP contribution < -0.4 is 10.9 Å². The monoisotopic (exact) mass is 151 g/mol. The van der Waals surface area contributed by atoms with Gasteiger partial charge < -0.3 is 5.32 Å². The summed E-state index contributed by atoms with van der Waals surface area (Å²) in [5.74, 6) is 0.492. The molecule has 1 aliphatic heterocycles. The van der Waals surface area contributed by atoms with Gasteiger partial charge in [0.25, 0.3) is 5.56 Å². The maximum atomic E-state index is 10.6. The molecule has 11 heavy (non-hydrogen) atoms. The quantitative estimate of drug-likeness (QED) is 0.566. The molecule has 0 radical (unpaired) electrons. The number of rotatable bonds is 1. The van der Waals surface area contributed by atoms with Gasteiger partial charge in [0.15, 0.2) is 0 Å². The van der Waals surface area contributed by atoms with E-state index >= 15 is 0 Å². The molecular weight excluding hydrogens is 142 g/mol. The number of H-pyrrole nitrogens is 1. The lowest BCUT2D eigenvalue weighted by Gasteiger charge is -2.25. The fourth-order valence-corrected chi connectivity index (χ4v) is 1.08. The van der Waals surface area contributed by atoms with Crippen LogP contribution in [-0.4, -0.2) is 23.3 Å². The normalized spacial score (nSPS) is 17.8. The Kier molecular flexibility index (Phi) is 1.47. The molecule has 0 amide bonds. The zero-order chi connectivity index (χ0) is 7.68. The summed E-state index contributed by atoms with van der Waals surface area (Å²) in [4.78, 5) is 10.6. The molecule has 2 rings (SSSR count). The highest BCUT2D eigenvalue weighted by Crippen LogP contribution is 2.14. The second-order valence-electron chi connectivity index (χ2n) is 2.70. The van der Waals surface area contributed by atoms with E-state index < -0.39 is 0 Å². The molecule has 0 bridgehead atoms. The Hall–Kier alpha value is -1.16. The summed E-state index contributed by atoms with van der Waals surface area (Å²) in [5.41, 5.74) is 0.837. The Balaban J connectivity index is 2.25. The third-order valence-electron chi connectivity index (χ3n) is 1.90. The first-order valence-electron chi connectivity index (χ1n) is 3.62. The lowest BCUT2D eigenvalue weighted by atomic mass is 9.99. The van der Waals surface area contributed by atoms with Gasteiger partial charge in [0.2, 0.25) is 0 Å². The van der Waals surface area contributed by atoms with Crippen LogP contribution in [0.15, 0.2) is 16.9 Å². The summed E-state index contributed by atoms with van der Waals surface area (Å²) in [5, 5.41) is 9.48. The Morgan fingerprint density at radius 2 is 2.27 bits per heavy atom. The first kappa shape index (κ1) is 6.54. The number of nitrogens with zero attached hydrogens (tertiary/aromatic N) is 1. The van der Waals surface area contributed by atoms with Crippen LogP contribution in [0, 0.1) is 0 Å². The molecule has 2 N–H and O–H groups in total. The van der Waals surface area contributed by atoms with E-state index in [0.717, 1.165) is 18.8 Å². The average molecular weight is 151 g/mol. The number of aromatic nitrogens is 2. The van der Waals surface area contributed by atoms with Gasteiger partial charge in [-0.25, -0.2) is 5.10 Å². The largest absolute Gasteiger partial charge is 0.315 e. The Morgan fingerprint density at radius 3 is 2.73 bits per heavy atom. The van der Waals surface area contributed by atoms with E-state index in [0.29, 0.717) is 5.92 Å². The van der Waals surface area contributed by atoms with Crippen molar-refractivity contribution in [1.29, 1.82) is 0 Å². The first-order chi connectivity index (χ1) is 5.36. The maximum absolute atomic E-state index is 10.6. The third kappa shape index (κ3) is 1.17. The molecule has 4 nitrogen and oxygen atoms in total. The summed E-state index contributed by atoms with van der Waals surface area (Å²) < 4.78 is 0. The van der Waals surface area contributed by atoms with Crippen molar-refractivity contribution in [3.63, 3.8) is 0 Å². The van der Waals surface area contributed by atoms with Gasteiger partial charge in [-0.1, -0.05) is 0 Å².